The summed E-state index contributed by atoms with van der Waals surface area (Å²) < 4.78 is 28.2. The van der Waals surface area contributed by atoms with E-state index in [9.17, 15) is 18.4 Å². The Morgan fingerprint density at radius 2 is 2.25 bits per heavy atom. The second-order valence-corrected chi connectivity index (χ2v) is 2.96. The van der Waals surface area contributed by atoms with Crippen LogP contribution in [0.5, 0.6) is 0 Å². The topological polar surface area (TPSA) is 83.6 Å². The first-order valence-electron chi connectivity index (χ1n) is 4.15. The minimum atomic E-state index is -2.67. The number of hydrogen-bond acceptors (Lipinski definition) is 4. The van der Waals surface area contributed by atoms with Crippen LogP contribution >= 0.6 is 0 Å². The molecule has 0 unspecified atom stereocenters. The summed E-state index contributed by atoms with van der Waals surface area (Å²) in [6, 6.07) is 0.882. The van der Waals surface area contributed by atoms with Crippen molar-refractivity contribution in [3.05, 3.63) is 17.5 Å². The second-order valence-electron chi connectivity index (χ2n) is 2.96. The van der Waals surface area contributed by atoms with Crippen LogP contribution in [0.2, 0.25) is 0 Å². The Hall–Kier alpha value is -1.99. The monoisotopic (exact) mass is 234 g/mol. The Kier molecular flexibility index (Phi) is 3.54. The summed E-state index contributed by atoms with van der Waals surface area (Å²) in [6.07, 6.45) is -2.67. The maximum atomic E-state index is 12.0. The van der Waals surface area contributed by atoms with Crippen LogP contribution in [0.3, 0.4) is 0 Å². The van der Waals surface area contributed by atoms with E-state index in [2.05, 4.69) is 9.68 Å². The number of halogens is 2. The molecule has 1 rings (SSSR count). The minimum absolute atomic E-state index is 0.319. The van der Waals surface area contributed by atoms with Crippen LogP contribution in [0.1, 0.15) is 21.0 Å². The Morgan fingerprint density at radius 1 is 1.62 bits per heavy atom. The molecular weight excluding hydrogens is 226 g/mol. The zero-order chi connectivity index (χ0) is 12.3. The molecule has 0 aliphatic rings. The van der Waals surface area contributed by atoms with Gasteiger partial charge >= 0.3 is 5.97 Å². The van der Waals surface area contributed by atoms with E-state index in [1.165, 1.54) is 0 Å². The van der Waals surface area contributed by atoms with E-state index in [4.69, 9.17) is 5.11 Å². The average molecular weight is 234 g/mol. The number of alkyl halides is 2. The number of carboxylic acids is 1. The average Bonchev–Trinajstić information content (AvgIpc) is 2.64. The third kappa shape index (κ3) is 2.75. The van der Waals surface area contributed by atoms with E-state index < -0.39 is 30.6 Å². The maximum absolute atomic E-state index is 12.0. The SMILES string of the molecule is CN(CC(F)F)C(=O)c1cc(C(=O)O)on1. The predicted octanol–water partition coefficient (Wildman–Crippen LogP) is 0.710. The number of carbonyl (C=O) groups excluding carboxylic acids is 1. The molecule has 1 heterocycles. The van der Waals surface area contributed by atoms with Gasteiger partial charge in [0.2, 0.25) is 5.76 Å². The van der Waals surface area contributed by atoms with Gasteiger partial charge in [-0.3, -0.25) is 4.79 Å². The van der Waals surface area contributed by atoms with Gasteiger partial charge in [-0.2, -0.15) is 0 Å². The van der Waals surface area contributed by atoms with Gasteiger partial charge in [0.25, 0.3) is 12.3 Å². The van der Waals surface area contributed by atoms with Gasteiger partial charge in [-0.15, -0.1) is 0 Å². The lowest BCUT2D eigenvalue weighted by Gasteiger charge is -2.14. The van der Waals surface area contributed by atoms with Crippen molar-refractivity contribution in [1.82, 2.24) is 10.1 Å². The minimum Gasteiger partial charge on any atom is -0.475 e. The fourth-order valence-corrected chi connectivity index (χ4v) is 0.962. The molecular formula is C8H8F2N2O4. The highest BCUT2D eigenvalue weighted by atomic mass is 19.3. The molecule has 0 saturated heterocycles. The molecule has 0 fully saturated rings. The summed E-state index contributed by atoms with van der Waals surface area (Å²) in [6.45, 7) is -0.756. The second kappa shape index (κ2) is 4.69. The van der Waals surface area contributed by atoms with Gasteiger partial charge in [-0.05, 0) is 0 Å². The van der Waals surface area contributed by atoms with E-state index in [-0.39, 0.29) is 5.69 Å². The molecule has 1 aromatic heterocycles. The molecule has 0 saturated carbocycles. The van der Waals surface area contributed by atoms with Gasteiger partial charge < -0.3 is 14.5 Å². The van der Waals surface area contributed by atoms with Crippen molar-refractivity contribution >= 4 is 11.9 Å². The molecule has 6 nitrogen and oxygen atoms in total. The van der Waals surface area contributed by atoms with Gasteiger partial charge in [0, 0.05) is 13.1 Å². The number of nitrogens with zero attached hydrogens (tertiary/aromatic N) is 2. The highest BCUT2D eigenvalue weighted by Gasteiger charge is 2.21. The van der Waals surface area contributed by atoms with E-state index in [1.807, 2.05) is 0 Å². The lowest BCUT2D eigenvalue weighted by Crippen LogP contribution is -2.31. The van der Waals surface area contributed by atoms with Crippen molar-refractivity contribution in [1.29, 1.82) is 0 Å². The van der Waals surface area contributed by atoms with Crippen molar-refractivity contribution in [2.24, 2.45) is 0 Å². The fraction of sp³-hybridized carbons (Fsp3) is 0.375. The molecule has 0 bridgehead atoms. The Balaban J connectivity index is 2.76. The maximum Gasteiger partial charge on any atom is 0.374 e. The van der Waals surface area contributed by atoms with Crippen LogP contribution in [0, 0.1) is 0 Å². The normalized spacial score (nSPS) is 10.5. The third-order valence-corrected chi connectivity index (χ3v) is 1.70. The lowest BCUT2D eigenvalue weighted by atomic mass is 10.3. The molecule has 0 aromatic carbocycles. The van der Waals surface area contributed by atoms with Gasteiger partial charge in [0.15, 0.2) is 5.69 Å². The highest BCUT2D eigenvalue weighted by molar-refractivity contribution is 5.94. The third-order valence-electron chi connectivity index (χ3n) is 1.70. The number of rotatable bonds is 4. The smallest absolute Gasteiger partial charge is 0.374 e. The number of hydrogen-bond donors (Lipinski definition) is 1. The number of carboxylic acid groups (broad SMARTS) is 1. The summed E-state index contributed by atoms with van der Waals surface area (Å²) in [5.41, 5.74) is -0.319. The Bertz CT molecular complexity index is 404. The lowest BCUT2D eigenvalue weighted by molar-refractivity contribution is 0.0607. The van der Waals surface area contributed by atoms with Crippen LogP contribution < -0.4 is 0 Å². The quantitative estimate of drug-likeness (QED) is 0.829. The first-order valence-corrected chi connectivity index (χ1v) is 4.15. The molecule has 0 aliphatic carbocycles. The number of aromatic carboxylic acids is 1. The molecule has 16 heavy (non-hydrogen) atoms. The molecule has 8 heteroatoms. The fourth-order valence-electron chi connectivity index (χ4n) is 0.962. The van der Waals surface area contributed by atoms with E-state index in [0.717, 1.165) is 18.0 Å². The molecule has 0 atom stereocenters. The zero-order valence-corrected chi connectivity index (χ0v) is 8.18. The standard InChI is InChI=1S/C8H8F2N2O4/c1-12(3-6(9)10)7(13)4-2-5(8(14)15)16-11-4/h2,6H,3H2,1H3,(H,14,15). The van der Waals surface area contributed by atoms with Crippen molar-refractivity contribution in [2.45, 2.75) is 6.43 Å². The van der Waals surface area contributed by atoms with Crippen molar-refractivity contribution in [2.75, 3.05) is 13.6 Å². The van der Waals surface area contributed by atoms with Crippen molar-refractivity contribution in [3.63, 3.8) is 0 Å². The van der Waals surface area contributed by atoms with Crippen LogP contribution in [0.4, 0.5) is 8.78 Å². The molecule has 1 amide bonds. The van der Waals surface area contributed by atoms with Crippen LogP contribution in [-0.4, -0.2) is 47.1 Å². The van der Waals surface area contributed by atoms with Crippen LogP contribution in [0.15, 0.2) is 10.6 Å². The molecule has 88 valence electrons. The van der Waals surface area contributed by atoms with E-state index >= 15 is 0 Å². The van der Waals surface area contributed by atoms with Crippen molar-refractivity contribution < 1.29 is 28.0 Å². The summed E-state index contributed by atoms with van der Waals surface area (Å²) in [4.78, 5) is 22.5. The van der Waals surface area contributed by atoms with E-state index in [0.29, 0.717) is 0 Å². The first kappa shape index (κ1) is 12.1. The molecule has 0 aliphatic heterocycles. The molecule has 1 N–H and O–H groups in total. The van der Waals surface area contributed by atoms with Gasteiger partial charge in [0.05, 0.1) is 6.54 Å². The van der Waals surface area contributed by atoms with Crippen molar-refractivity contribution in [3.8, 4) is 0 Å². The van der Waals surface area contributed by atoms with Crippen LogP contribution in [-0.2, 0) is 0 Å². The van der Waals surface area contributed by atoms with Gasteiger partial charge in [0.1, 0.15) is 0 Å². The number of amides is 1. The van der Waals surface area contributed by atoms with Gasteiger partial charge in [-0.25, -0.2) is 13.6 Å². The predicted molar refractivity (Wildman–Crippen MR) is 46.4 cm³/mol. The van der Waals surface area contributed by atoms with Crippen LogP contribution in [0.25, 0.3) is 0 Å². The summed E-state index contributed by atoms with van der Waals surface area (Å²) in [5, 5.41) is 11.7. The summed E-state index contributed by atoms with van der Waals surface area (Å²) in [5.74, 6) is -2.73. The zero-order valence-electron chi connectivity index (χ0n) is 8.18. The summed E-state index contributed by atoms with van der Waals surface area (Å²) in [7, 11) is 1.16. The largest absolute Gasteiger partial charge is 0.475 e. The molecule has 1 aromatic rings. The highest BCUT2D eigenvalue weighted by Crippen LogP contribution is 2.07. The first-order chi connectivity index (χ1) is 7.41. The molecule has 0 spiro atoms. The Morgan fingerprint density at radius 3 is 2.69 bits per heavy atom. The number of carbonyl (C=O) groups is 2. The molecule has 0 radical (unpaired) electrons. The van der Waals surface area contributed by atoms with E-state index in [1.54, 1.807) is 0 Å². The number of aromatic nitrogens is 1. The summed E-state index contributed by atoms with van der Waals surface area (Å²) >= 11 is 0. The van der Waals surface area contributed by atoms with Gasteiger partial charge in [-0.1, -0.05) is 5.16 Å². The Labute approximate surface area is 88.4 Å².